The van der Waals surface area contributed by atoms with Crippen molar-refractivity contribution >= 4 is 12.4 Å². The van der Waals surface area contributed by atoms with Crippen LogP contribution in [0.5, 0.6) is 0 Å². The van der Waals surface area contributed by atoms with Crippen LogP contribution in [0.4, 0.5) is 0 Å². The minimum Gasteiger partial charge on any atom is -0.400 e. The van der Waals surface area contributed by atoms with Gasteiger partial charge in [-0.1, -0.05) is 0 Å². The fourth-order valence-electron chi connectivity index (χ4n) is 0.342. The Kier molecular flexibility index (Phi) is 26.6. The molecule has 0 radical (unpaired) electrons. The molecule has 1 aromatic carbocycles. The number of benzene rings is 1. The Hall–Kier alpha value is 0.0934. The zero-order chi connectivity index (χ0) is 6.24. The van der Waals surface area contributed by atoms with Gasteiger partial charge in [-0.25, -0.2) is 0 Å². The van der Waals surface area contributed by atoms with Crippen LogP contribution in [0.2, 0.25) is 0 Å². The second-order valence-corrected chi connectivity index (χ2v) is 1.08. The van der Waals surface area contributed by atoms with Crippen LogP contribution in [-0.2, 0) is 19.5 Å². The molecule has 0 unspecified atom stereocenters. The van der Waals surface area contributed by atoms with Crippen LogP contribution in [0.25, 0.3) is 0 Å². The van der Waals surface area contributed by atoms with Crippen LogP contribution in [-0.4, -0.2) is 12.2 Å². The maximum absolute atomic E-state index is 7.00. The van der Waals surface area contributed by atoms with Crippen molar-refractivity contribution in [1.82, 2.24) is 0 Å². The summed E-state index contributed by atoms with van der Waals surface area (Å²) in [6, 6.07) is 12.5. The third-order valence-corrected chi connectivity index (χ3v) is 0.607. The second kappa shape index (κ2) is 16.0. The van der Waals surface area contributed by atoms with Crippen LogP contribution >= 0.6 is 12.4 Å². The predicted octanol–water partition coefficient (Wildman–Crippen LogP) is 1.51. The number of hydrogen-bond acceptors (Lipinski definition) is 1. The van der Waals surface area contributed by atoms with Gasteiger partial charge >= 0.3 is 0 Å². The summed E-state index contributed by atoms with van der Waals surface area (Å²) >= 11 is 0. The molecule has 0 atom stereocenters. The van der Waals surface area contributed by atoms with Gasteiger partial charge in [0.15, 0.2) is 0 Å². The van der Waals surface area contributed by atoms with E-state index >= 15 is 0 Å². The molecule has 3 heteroatoms. The number of aliphatic hydroxyl groups is 1. The van der Waals surface area contributed by atoms with Crippen LogP contribution in [0.3, 0.4) is 0 Å². The van der Waals surface area contributed by atoms with Crippen LogP contribution in [0.15, 0.2) is 30.3 Å². The van der Waals surface area contributed by atoms with E-state index in [0.29, 0.717) is 0 Å². The van der Waals surface area contributed by atoms with Crippen LogP contribution in [0.1, 0.15) is 0 Å². The molecule has 0 amide bonds. The van der Waals surface area contributed by atoms with Gasteiger partial charge in [0.05, 0.1) is 0 Å². The first kappa shape index (κ1) is 16.6. The van der Waals surface area contributed by atoms with Crippen molar-refractivity contribution in [3.8, 4) is 0 Å². The largest absolute Gasteiger partial charge is 0.400 e. The average Bonchev–Trinajstić information content (AvgIpc) is 1.96. The van der Waals surface area contributed by atoms with E-state index in [2.05, 4.69) is 6.07 Å². The van der Waals surface area contributed by atoms with E-state index in [9.17, 15) is 0 Å². The van der Waals surface area contributed by atoms with Gasteiger partial charge in [-0.2, -0.15) is 36.4 Å². The van der Waals surface area contributed by atoms with Gasteiger partial charge in [-0.15, -0.1) is 12.4 Å². The van der Waals surface area contributed by atoms with E-state index in [4.69, 9.17) is 5.11 Å². The summed E-state index contributed by atoms with van der Waals surface area (Å²) in [5, 5.41) is 7.00. The fourth-order valence-corrected chi connectivity index (χ4v) is 0.342. The molecular weight excluding hydrogens is 201 g/mol. The zero-order valence-electron chi connectivity index (χ0n) is 5.95. The van der Waals surface area contributed by atoms with Crippen molar-refractivity contribution in [3.63, 3.8) is 0 Å². The molecular formula is C7H10ClOZn-. The van der Waals surface area contributed by atoms with Gasteiger partial charge in [0, 0.05) is 26.6 Å². The van der Waals surface area contributed by atoms with Crippen molar-refractivity contribution in [2.24, 2.45) is 0 Å². The van der Waals surface area contributed by atoms with E-state index in [0.717, 1.165) is 7.11 Å². The predicted molar refractivity (Wildman–Crippen MR) is 40.7 cm³/mol. The Morgan fingerprint density at radius 3 is 1.50 bits per heavy atom. The molecule has 0 saturated carbocycles. The smallest absolute Gasteiger partial charge is 0.0319 e. The molecule has 0 aromatic heterocycles. The first-order chi connectivity index (χ1) is 4.00. The van der Waals surface area contributed by atoms with Gasteiger partial charge in [0.1, 0.15) is 0 Å². The normalized spacial score (nSPS) is 5.40. The van der Waals surface area contributed by atoms with Crippen molar-refractivity contribution < 1.29 is 24.6 Å². The van der Waals surface area contributed by atoms with Crippen LogP contribution in [0, 0.1) is 6.07 Å². The molecule has 0 aliphatic carbocycles. The number of aliphatic hydroxyl groups excluding tert-OH is 1. The Labute approximate surface area is 80.6 Å². The molecule has 0 fully saturated rings. The molecule has 54 valence electrons. The van der Waals surface area contributed by atoms with Gasteiger partial charge in [-0.3, -0.25) is 0 Å². The van der Waals surface area contributed by atoms with Crippen molar-refractivity contribution in [2.45, 2.75) is 0 Å². The maximum atomic E-state index is 7.00. The molecule has 1 nitrogen and oxygen atoms in total. The summed E-state index contributed by atoms with van der Waals surface area (Å²) in [7, 11) is 1.00. The van der Waals surface area contributed by atoms with E-state index < -0.39 is 0 Å². The van der Waals surface area contributed by atoms with Gasteiger partial charge in [0.2, 0.25) is 0 Å². The molecule has 0 aliphatic rings. The molecule has 0 spiro atoms. The summed E-state index contributed by atoms with van der Waals surface area (Å²) in [4.78, 5) is 0. The van der Waals surface area contributed by atoms with Crippen molar-refractivity contribution in [3.05, 3.63) is 36.4 Å². The monoisotopic (exact) mass is 209 g/mol. The van der Waals surface area contributed by atoms with E-state index in [-0.39, 0.29) is 31.9 Å². The average molecular weight is 211 g/mol. The SMILES string of the molecule is CO.Cl.[Zn].[c-]1ccccc1. The molecule has 1 aromatic rings. The van der Waals surface area contributed by atoms with Gasteiger partial charge in [0.25, 0.3) is 0 Å². The molecule has 1 N–H and O–H groups in total. The minimum absolute atomic E-state index is 0. The number of hydrogen-bond donors (Lipinski definition) is 1. The third kappa shape index (κ3) is 11.0. The molecule has 0 bridgehead atoms. The fraction of sp³-hybridized carbons (Fsp3) is 0.143. The third-order valence-electron chi connectivity index (χ3n) is 0.607. The maximum Gasteiger partial charge on any atom is 0.0319 e. The van der Waals surface area contributed by atoms with Crippen molar-refractivity contribution in [2.75, 3.05) is 7.11 Å². The standard InChI is InChI=1S/C6H5.CH4O.ClH.Zn/c1-2-4-6-5-3-1;1-2;;/h1-5H;2H,1H3;1H;/q-1;;;. The summed E-state index contributed by atoms with van der Waals surface area (Å²) < 4.78 is 0. The first-order valence-corrected chi connectivity index (χ1v) is 2.36. The quantitative estimate of drug-likeness (QED) is 0.509. The number of rotatable bonds is 0. The Balaban J connectivity index is -0.000000114. The Morgan fingerprint density at radius 1 is 1.00 bits per heavy atom. The Morgan fingerprint density at radius 2 is 1.40 bits per heavy atom. The topological polar surface area (TPSA) is 20.2 Å². The molecule has 1 rings (SSSR count). The molecule has 0 aliphatic heterocycles. The summed E-state index contributed by atoms with van der Waals surface area (Å²) in [5.74, 6) is 0. The van der Waals surface area contributed by atoms with E-state index in [1.54, 1.807) is 0 Å². The first-order valence-electron chi connectivity index (χ1n) is 2.36. The van der Waals surface area contributed by atoms with Gasteiger partial charge in [-0.05, 0) is 0 Å². The minimum atomic E-state index is 0. The molecule has 10 heavy (non-hydrogen) atoms. The summed E-state index contributed by atoms with van der Waals surface area (Å²) in [6.45, 7) is 0. The van der Waals surface area contributed by atoms with E-state index in [1.807, 2.05) is 30.3 Å². The molecule has 0 saturated heterocycles. The molecule has 0 heterocycles. The van der Waals surface area contributed by atoms with Crippen molar-refractivity contribution in [1.29, 1.82) is 0 Å². The zero-order valence-corrected chi connectivity index (χ0v) is 9.73. The number of halogens is 1. The summed E-state index contributed by atoms with van der Waals surface area (Å²) in [5.41, 5.74) is 0. The van der Waals surface area contributed by atoms with E-state index in [1.165, 1.54) is 0 Å². The van der Waals surface area contributed by atoms with Crippen LogP contribution < -0.4 is 0 Å². The van der Waals surface area contributed by atoms with Gasteiger partial charge < -0.3 is 5.11 Å². The Bertz CT molecular complexity index is 85.5. The summed E-state index contributed by atoms with van der Waals surface area (Å²) in [6.07, 6.45) is 0. The second-order valence-electron chi connectivity index (χ2n) is 1.08.